The van der Waals surface area contributed by atoms with Gasteiger partial charge >= 0.3 is 0 Å². The number of morpholine rings is 1. The van der Waals surface area contributed by atoms with Crippen LogP contribution in [0.15, 0.2) is 52.4 Å². The molecule has 11 nitrogen and oxygen atoms in total. The maximum absolute atomic E-state index is 13.9. The average molecular weight is 535 g/mol. The largest absolute Gasteiger partial charge is 0.454 e. The third kappa shape index (κ3) is 5.04. The fraction of sp³-hybridized carbons (Fsp3) is 0.308. The Morgan fingerprint density at radius 1 is 1.11 bits per heavy atom. The number of rotatable bonds is 7. The second-order valence-corrected chi connectivity index (χ2v) is 9.99. The Bertz CT molecular complexity index is 1560. The van der Waals surface area contributed by atoms with Gasteiger partial charge in [0.05, 0.1) is 36.4 Å². The molecule has 196 valence electrons. The fourth-order valence-electron chi connectivity index (χ4n) is 4.47. The second-order valence-electron chi connectivity index (χ2n) is 9.05. The first-order valence-electron chi connectivity index (χ1n) is 12.2. The van der Waals surface area contributed by atoms with E-state index in [1.165, 1.54) is 11.8 Å². The summed E-state index contributed by atoms with van der Waals surface area (Å²) < 4.78 is 18.0. The van der Waals surface area contributed by atoms with Crippen LogP contribution in [0.25, 0.3) is 10.9 Å². The Hall–Kier alpha value is -4.03. The van der Waals surface area contributed by atoms with Gasteiger partial charge in [0.25, 0.3) is 5.56 Å². The van der Waals surface area contributed by atoms with Crippen LogP contribution in [-0.4, -0.2) is 64.5 Å². The van der Waals surface area contributed by atoms with Gasteiger partial charge in [0.15, 0.2) is 22.5 Å². The molecule has 0 bridgehead atoms. The molecule has 2 aromatic carbocycles. The standard InChI is InChI=1S/C26H26N6O5S/c1-16-10-23(30-29-16)28-24(33)14-38-26-27-20-4-3-18(31-6-8-35-9-7-31)12-19(20)25(34)32(26)13-17-2-5-21-22(11-17)37-15-36-21/h2-5,10-12H,6-9,13-15H2,1H3,(H2,28,29,30,33). The minimum Gasteiger partial charge on any atom is -0.454 e. The number of aromatic amines is 1. The van der Waals surface area contributed by atoms with Crippen LogP contribution in [0, 0.1) is 6.92 Å². The lowest BCUT2D eigenvalue weighted by Crippen LogP contribution is -2.36. The number of fused-ring (bicyclic) bond motifs is 2. The molecule has 1 saturated heterocycles. The monoisotopic (exact) mass is 534 g/mol. The maximum Gasteiger partial charge on any atom is 0.262 e. The number of aryl methyl sites for hydroxylation is 1. The van der Waals surface area contributed by atoms with Gasteiger partial charge in [-0.2, -0.15) is 5.10 Å². The lowest BCUT2D eigenvalue weighted by molar-refractivity contribution is -0.113. The molecule has 1 amide bonds. The second kappa shape index (κ2) is 10.4. The summed E-state index contributed by atoms with van der Waals surface area (Å²) >= 11 is 1.21. The van der Waals surface area contributed by atoms with E-state index in [4.69, 9.17) is 19.2 Å². The highest BCUT2D eigenvalue weighted by atomic mass is 32.2. The first-order chi connectivity index (χ1) is 18.5. The number of thioether (sulfide) groups is 1. The zero-order valence-corrected chi connectivity index (χ0v) is 21.5. The van der Waals surface area contributed by atoms with Gasteiger partial charge in [-0.3, -0.25) is 19.3 Å². The molecular formula is C26H26N6O5S. The number of aromatic nitrogens is 4. The van der Waals surface area contributed by atoms with Crippen molar-refractivity contribution in [3.8, 4) is 11.5 Å². The molecule has 0 aliphatic carbocycles. The van der Waals surface area contributed by atoms with Gasteiger partial charge in [0.1, 0.15) is 0 Å². The zero-order valence-electron chi connectivity index (χ0n) is 20.7. The summed E-state index contributed by atoms with van der Waals surface area (Å²) in [5.74, 6) is 1.59. The van der Waals surface area contributed by atoms with Crippen LogP contribution >= 0.6 is 11.8 Å². The molecule has 0 unspecified atom stereocenters. The number of nitrogens with zero attached hydrogens (tertiary/aromatic N) is 4. The van der Waals surface area contributed by atoms with E-state index in [0.29, 0.717) is 46.6 Å². The van der Waals surface area contributed by atoms with E-state index in [1.807, 2.05) is 43.3 Å². The first-order valence-corrected chi connectivity index (χ1v) is 13.2. The molecule has 2 aromatic heterocycles. The van der Waals surface area contributed by atoms with Gasteiger partial charge in [-0.25, -0.2) is 4.98 Å². The number of hydrogen-bond acceptors (Lipinski definition) is 9. The van der Waals surface area contributed by atoms with Gasteiger partial charge in [-0.15, -0.1) is 0 Å². The van der Waals surface area contributed by atoms with Crippen LogP contribution in [0.1, 0.15) is 11.3 Å². The topological polar surface area (TPSA) is 124 Å². The SMILES string of the molecule is Cc1cc(NC(=O)CSc2nc3ccc(N4CCOCC4)cc3c(=O)n2Cc2ccc3c(c2)OCO3)n[nH]1. The Labute approximate surface area is 222 Å². The van der Waals surface area contributed by atoms with E-state index in [2.05, 4.69) is 20.4 Å². The van der Waals surface area contributed by atoms with E-state index < -0.39 is 0 Å². The summed E-state index contributed by atoms with van der Waals surface area (Å²) in [7, 11) is 0. The smallest absolute Gasteiger partial charge is 0.262 e. The third-order valence-corrected chi connectivity index (χ3v) is 7.34. The molecule has 6 rings (SSSR count). The van der Waals surface area contributed by atoms with Crippen LogP contribution in [0.4, 0.5) is 11.5 Å². The number of carbonyl (C=O) groups excluding carboxylic acids is 1. The van der Waals surface area contributed by atoms with Gasteiger partial charge in [-0.05, 0) is 42.8 Å². The molecule has 1 fully saturated rings. The number of anilines is 2. The van der Waals surface area contributed by atoms with E-state index in [-0.39, 0.29) is 30.6 Å². The van der Waals surface area contributed by atoms with Gasteiger partial charge in [0.2, 0.25) is 12.7 Å². The normalized spacial score (nSPS) is 14.7. The van der Waals surface area contributed by atoms with Crippen molar-refractivity contribution in [1.29, 1.82) is 0 Å². The molecule has 2 aliphatic rings. The van der Waals surface area contributed by atoms with E-state index >= 15 is 0 Å². The molecular weight excluding hydrogens is 508 g/mol. The van der Waals surface area contributed by atoms with Crippen molar-refractivity contribution in [2.24, 2.45) is 0 Å². The van der Waals surface area contributed by atoms with Gasteiger partial charge < -0.3 is 24.4 Å². The Balaban J connectivity index is 1.33. The first kappa shape index (κ1) is 24.3. The molecule has 12 heteroatoms. The zero-order chi connectivity index (χ0) is 26.1. The molecule has 0 spiro atoms. The van der Waals surface area contributed by atoms with Crippen molar-refractivity contribution in [1.82, 2.24) is 19.7 Å². The Morgan fingerprint density at radius 2 is 1.95 bits per heavy atom. The van der Waals surface area contributed by atoms with Crippen molar-refractivity contribution >= 4 is 40.1 Å². The summed E-state index contributed by atoms with van der Waals surface area (Å²) in [5, 5.41) is 10.6. The van der Waals surface area contributed by atoms with E-state index in [1.54, 1.807) is 10.6 Å². The number of H-pyrrole nitrogens is 1. The molecule has 2 N–H and O–H groups in total. The van der Waals surface area contributed by atoms with Crippen LogP contribution in [0.5, 0.6) is 11.5 Å². The highest BCUT2D eigenvalue weighted by Gasteiger charge is 2.19. The Kier molecular flexibility index (Phi) is 6.64. The minimum atomic E-state index is -0.242. The van der Waals surface area contributed by atoms with Crippen molar-refractivity contribution < 1.29 is 19.0 Å². The fourth-order valence-corrected chi connectivity index (χ4v) is 5.27. The molecule has 4 aromatic rings. The average Bonchev–Trinajstić information content (AvgIpc) is 3.57. The molecule has 38 heavy (non-hydrogen) atoms. The number of ether oxygens (including phenoxy) is 3. The minimum absolute atomic E-state index is 0.0663. The third-order valence-electron chi connectivity index (χ3n) is 6.36. The van der Waals surface area contributed by atoms with Crippen LogP contribution < -0.4 is 25.2 Å². The van der Waals surface area contributed by atoms with Crippen molar-refractivity contribution in [2.45, 2.75) is 18.6 Å². The molecule has 2 aliphatic heterocycles. The highest BCUT2D eigenvalue weighted by molar-refractivity contribution is 7.99. The predicted octanol–water partition coefficient (Wildman–Crippen LogP) is 2.77. The van der Waals surface area contributed by atoms with Crippen molar-refractivity contribution in [3.63, 3.8) is 0 Å². The van der Waals surface area contributed by atoms with Gasteiger partial charge in [0, 0.05) is 30.5 Å². The summed E-state index contributed by atoms with van der Waals surface area (Å²) in [4.78, 5) is 33.5. The van der Waals surface area contributed by atoms with Crippen LogP contribution in [-0.2, 0) is 16.1 Å². The van der Waals surface area contributed by atoms with Crippen LogP contribution in [0.2, 0.25) is 0 Å². The number of benzene rings is 2. The summed E-state index contributed by atoms with van der Waals surface area (Å²) in [6.45, 7) is 5.14. The van der Waals surface area contributed by atoms with Gasteiger partial charge in [-0.1, -0.05) is 17.8 Å². The van der Waals surface area contributed by atoms with E-state index in [0.717, 1.165) is 30.0 Å². The lowest BCUT2D eigenvalue weighted by Gasteiger charge is -2.29. The van der Waals surface area contributed by atoms with E-state index in [9.17, 15) is 9.59 Å². The number of nitrogens with one attached hydrogen (secondary N) is 2. The maximum atomic E-state index is 13.9. The number of carbonyl (C=O) groups is 1. The molecule has 0 radical (unpaired) electrons. The lowest BCUT2D eigenvalue weighted by atomic mass is 10.1. The summed E-state index contributed by atoms with van der Waals surface area (Å²) in [5.41, 5.74) is 3.08. The predicted molar refractivity (Wildman–Crippen MR) is 143 cm³/mol. The van der Waals surface area contributed by atoms with Crippen LogP contribution in [0.3, 0.4) is 0 Å². The van der Waals surface area contributed by atoms with Crippen molar-refractivity contribution in [2.75, 3.05) is 49.1 Å². The highest BCUT2D eigenvalue weighted by Crippen LogP contribution is 2.33. The summed E-state index contributed by atoms with van der Waals surface area (Å²) in [6, 6.07) is 13.1. The summed E-state index contributed by atoms with van der Waals surface area (Å²) in [6.07, 6.45) is 0. The quantitative estimate of drug-likeness (QED) is 0.272. The molecule has 0 saturated carbocycles. The Morgan fingerprint density at radius 3 is 2.76 bits per heavy atom. The number of hydrogen-bond donors (Lipinski definition) is 2. The van der Waals surface area contributed by atoms with Crippen molar-refractivity contribution in [3.05, 3.63) is 64.1 Å². The molecule has 4 heterocycles. The molecule has 0 atom stereocenters. The number of amides is 1.